The van der Waals surface area contributed by atoms with Crippen LogP contribution in [-0.4, -0.2) is 37.5 Å². The van der Waals surface area contributed by atoms with E-state index in [2.05, 4.69) is 9.72 Å². The summed E-state index contributed by atoms with van der Waals surface area (Å²) >= 11 is 0. The molecule has 4 nitrogen and oxygen atoms in total. The van der Waals surface area contributed by atoms with E-state index in [1.54, 1.807) is 12.1 Å². The van der Waals surface area contributed by atoms with Crippen molar-refractivity contribution < 1.29 is 23.0 Å². The Kier molecular flexibility index (Phi) is 4.45. The van der Waals surface area contributed by atoms with Gasteiger partial charge in [0.2, 0.25) is 0 Å². The molecule has 0 aliphatic rings. The van der Waals surface area contributed by atoms with E-state index >= 15 is 0 Å². The Morgan fingerprint density at radius 1 is 1.30 bits per heavy atom. The van der Waals surface area contributed by atoms with Gasteiger partial charge in [0.05, 0.1) is 18.2 Å². The van der Waals surface area contributed by atoms with E-state index in [1.807, 2.05) is 0 Å². The van der Waals surface area contributed by atoms with Gasteiger partial charge < -0.3 is 9.47 Å². The number of alkyl halides is 2. The zero-order valence-corrected chi connectivity index (χ0v) is 10.8. The summed E-state index contributed by atoms with van der Waals surface area (Å²) in [5.41, 5.74) is 0.886. The Morgan fingerprint density at radius 2 is 2.05 bits per heavy atom. The molecule has 1 aromatic carbocycles. The minimum Gasteiger partial charge on any atom is -0.485 e. The zero-order chi connectivity index (χ0) is 14.5. The van der Waals surface area contributed by atoms with Gasteiger partial charge in [-0.2, -0.15) is 0 Å². The molecule has 0 bridgehead atoms. The lowest BCUT2D eigenvalue weighted by atomic mass is 10.1. The summed E-state index contributed by atoms with van der Waals surface area (Å²) in [7, 11) is 1.27. The van der Waals surface area contributed by atoms with Gasteiger partial charge in [0.25, 0.3) is 0 Å². The fourth-order valence-electron chi connectivity index (χ4n) is 1.78. The van der Waals surface area contributed by atoms with Crippen LogP contribution in [0, 0.1) is 0 Å². The van der Waals surface area contributed by atoms with Crippen LogP contribution in [-0.2, 0) is 4.74 Å². The molecule has 0 radical (unpaired) electrons. The van der Waals surface area contributed by atoms with Gasteiger partial charge in [-0.25, -0.2) is 13.6 Å². The number of fused-ring (bicyclic) bond motifs is 1. The molecule has 0 aliphatic heterocycles. The summed E-state index contributed by atoms with van der Waals surface area (Å²) < 4.78 is 34.8. The van der Waals surface area contributed by atoms with E-state index < -0.39 is 25.4 Å². The average molecular weight is 281 g/mol. The Morgan fingerprint density at radius 3 is 2.70 bits per heavy atom. The number of halogens is 2. The predicted octanol–water partition coefficient (Wildman–Crippen LogP) is 2.71. The number of methoxy groups -OCH3 is 1. The van der Waals surface area contributed by atoms with Crippen molar-refractivity contribution >= 4 is 16.9 Å². The monoisotopic (exact) mass is 281 g/mol. The van der Waals surface area contributed by atoms with E-state index in [0.29, 0.717) is 16.5 Å². The largest absolute Gasteiger partial charge is 0.485 e. The number of hydrogen-bond donors (Lipinski definition) is 0. The van der Waals surface area contributed by atoms with Gasteiger partial charge in [0.15, 0.2) is 6.10 Å². The van der Waals surface area contributed by atoms with Crippen molar-refractivity contribution in [2.75, 3.05) is 20.5 Å². The Bertz CT molecular complexity index is 614. The molecule has 1 aromatic heterocycles. The Hall–Kier alpha value is -2.24. The molecule has 0 aliphatic carbocycles. The molecule has 0 saturated heterocycles. The number of esters is 1. The SMILES string of the molecule is COC(=O)c1ccnc2ccc(OC(CF)CF)cc12. The fourth-order valence-corrected chi connectivity index (χ4v) is 1.78. The summed E-state index contributed by atoms with van der Waals surface area (Å²) in [6.07, 6.45) is 0.340. The molecule has 0 amide bonds. The topological polar surface area (TPSA) is 48.4 Å². The second-order valence-corrected chi connectivity index (χ2v) is 4.08. The highest BCUT2D eigenvalue weighted by Gasteiger charge is 2.14. The lowest BCUT2D eigenvalue weighted by Gasteiger charge is -2.13. The summed E-state index contributed by atoms with van der Waals surface area (Å²) in [5.74, 6) is -0.238. The van der Waals surface area contributed by atoms with Crippen LogP contribution in [0.15, 0.2) is 30.5 Å². The van der Waals surface area contributed by atoms with E-state index in [9.17, 15) is 13.6 Å². The van der Waals surface area contributed by atoms with Gasteiger partial charge in [-0.3, -0.25) is 4.98 Å². The molecule has 1 heterocycles. The molecule has 0 fully saturated rings. The maximum atomic E-state index is 12.5. The number of pyridine rings is 1. The molecule has 0 spiro atoms. The van der Waals surface area contributed by atoms with Crippen molar-refractivity contribution in [3.8, 4) is 5.75 Å². The smallest absolute Gasteiger partial charge is 0.338 e. The second kappa shape index (κ2) is 6.27. The van der Waals surface area contributed by atoms with Gasteiger partial charge in [-0.15, -0.1) is 0 Å². The van der Waals surface area contributed by atoms with Crippen molar-refractivity contribution in [2.24, 2.45) is 0 Å². The minimum atomic E-state index is -1.15. The molecular weight excluding hydrogens is 268 g/mol. The number of nitrogens with zero attached hydrogens (tertiary/aromatic N) is 1. The molecule has 0 N–H and O–H groups in total. The number of carbonyl (C=O) groups is 1. The quantitative estimate of drug-likeness (QED) is 0.791. The summed E-state index contributed by atoms with van der Waals surface area (Å²) in [6.45, 7) is -1.85. The molecule has 20 heavy (non-hydrogen) atoms. The molecule has 0 atom stereocenters. The van der Waals surface area contributed by atoms with Crippen molar-refractivity contribution in [1.29, 1.82) is 0 Å². The number of ether oxygens (including phenoxy) is 2. The molecule has 0 saturated carbocycles. The lowest BCUT2D eigenvalue weighted by molar-refractivity contribution is 0.0603. The molecule has 2 aromatic rings. The van der Waals surface area contributed by atoms with Crippen molar-refractivity contribution in [3.05, 3.63) is 36.0 Å². The van der Waals surface area contributed by atoms with Gasteiger partial charge in [-0.05, 0) is 24.3 Å². The van der Waals surface area contributed by atoms with Gasteiger partial charge in [0, 0.05) is 11.6 Å². The molecule has 0 unspecified atom stereocenters. The highest BCUT2D eigenvalue weighted by molar-refractivity contribution is 6.03. The summed E-state index contributed by atoms with van der Waals surface area (Å²) in [5, 5.41) is 0.508. The second-order valence-electron chi connectivity index (χ2n) is 4.08. The third-order valence-electron chi connectivity index (χ3n) is 2.77. The summed E-state index contributed by atoms with van der Waals surface area (Å²) in [4.78, 5) is 15.8. The first-order valence-corrected chi connectivity index (χ1v) is 5.95. The number of benzene rings is 1. The Labute approximate surface area is 114 Å². The summed E-state index contributed by atoms with van der Waals surface area (Å²) in [6, 6.07) is 6.20. The predicted molar refractivity (Wildman–Crippen MR) is 69.4 cm³/mol. The normalized spacial score (nSPS) is 10.8. The minimum absolute atomic E-state index is 0.274. The first-order valence-electron chi connectivity index (χ1n) is 5.95. The lowest BCUT2D eigenvalue weighted by Crippen LogP contribution is -2.21. The van der Waals surface area contributed by atoms with Crippen molar-refractivity contribution in [1.82, 2.24) is 4.98 Å². The van der Waals surface area contributed by atoms with Crippen LogP contribution >= 0.6 is 0 Å². The standard InChI is InChI=1S/C14H13F2NO3/c1-19-14(18)11-4-5-17-13-3-2-9(6-12(11)13)20-10(7-15)8-16/h2-6,10H,7-8H2,1H3. The van der Waals surface area contributed by atoms with Crippen LogP contribution < -0.4 is 4.74 Å². The number of rotatable bonds is 5. The fraction of sp³-hybridized carbons (Fsp3) is 0.286. The Balaban J connectivity index is 2.43. The van der Waals surface area contributed by atoms with Crippen LogP contribution in [0.25, 0.3) is 10.9 Å². The number of aromatic nitrogens is 1. The van der Waals surface area contributed by atoms with E-state index in [-0.39, 0.29) is 5.75 Å². The van der Waals surface area contributed by atoms with Gasteiger partial charge in [0.1, 0.15) is 19.1 Å². The van der Waals surface area contributed by atoms with Gasteiger partial charge in [-0.1, -0.05) is 0 Å². The van der Waals surface area contributed by atoms with Crippen LogP contribution in [0.1, 0.15) is 10.4 Å². The average Bonchev–Trinajstić information content (AvgIpc) is 2.51. The maximum Gasteiger partial charge on any atom is 0.338 e. The van der Waals surface area contributed by atoms with Crippen LogP contribution in [0.4, 0.5) is 8.78 Å². The molecule has 106 valence electrons. The van der Waals surface area contributed by atoms with Crippen LogP contribution in [0.5, 0.6) is 5.75 Å². The first-order chi connectivity index (χ1) is 9.69. The highest BCUT2D eigenvalue weighted by Crippen LogP contribution is 2.24. The highest BCUT2D eigenvalue weighted by atomic mass is 19.1. The molecular formula is C14H13F2NO3. The van der Waals surface area contributed by atoms with Crippen molar-refractivity contribution in [2.45, 2.75) is 6.10 Å². The van der Waals surface area contributed by atoms with Crippen LogP contribution in [0.2, 0.25) is 0 Å². The van der Waals surface area contributed by atoms with E-state index in [0.717, 1.165) is 0 Å². The van der Waals surface area contributed by atoms with E-state index in [1.165, 1.54) is 25.4 Å². The third-order valence-corrected chi connectivity index (χ3v) is 2.77. The van der Waals surface area contributed by atoms with Crippen molar-refractivity contribution in [3.63, 3.8) is 0 Å². The van der Waals surface area contributed by atoms with Crippen LogP contribution in [0.3, 0.4) is 0 Å². The third kappa shape index (κ3) is 2.84. The number of carbonyl (C=O) groups excluding carboxylic acids is 1. The van der Waals surface area contributed by atoms with E-state index in [4.69, 9.17) is 4.74 Å². The first kappa shape index (κ1) is 14.2. The molecule has 6 heteroatoms. The number of hydrogen-bond acceptors (Lipinski definition) is 4. The van der Waals surface area contributed by atoms with Gasteiger partial charge >= 0.3 is 5.97 Å². The molecule has 2 rings (SSSR count). The maximum absolute atomic E-state index is 12.5. The zero-order valence-electron chi connectivity index (χ0n) is 10.8.